The molecule has 0 amide bonds. The van der Waals surface area contributed by atoms with Crippen LogP contribution >= 0.6 is 0 Å². The van der Waals surface area contributed by atoms with Crippen LogP contribution in [0.5, 0.6) is 5.75 Å². The third-order valence-electron chi connectivity index (χ3n) is 4.39. The van der Waals surface area contributed by atoms with Crippen LogP contribution in [-0.4, -0.2) is 36.5 Å². The minimum atomic E-state index is 0.149. The summed E-state index contributed by atoms with van der Waals surface area (Å²) in [5.74, 6) is 1.00. The normalized spacial score (nSPS) is 16.0. The number of carbonyl (C=O) groups excluding carboxylic acids is 1. The minimum absolute atomic E-state index is 0.149. The first-order valence-electron chi connectivity index (χ1n) is 8.32. The number of aromatic nitrogens is 1. The molecular weight excluding hydrogens is 300 g/mol. The number of Topliss-reactive ketones (excluding diaryl/α,β-unsaturated/α-hetero) is 1. The number of carbonyl (C=O) groups is 1. The van der Waals surface area contributed by atoms with E-state index in [1.54, 1.807) is 7.11 Å². The molecule has 1 aliphatic carbocycles. The summed E-state index contributed by atoms with van der Waals surface area (Å²) in [5.41, 5.74) is 3.94. The van der Waals surface area contributed by atoms with Gasteiger partial charge in [0.05, 0.1) is 19.3 Å². The van der Waals surface area contributed by atoms with Crippen molar-refractivity contribution in [3.05, 3.63) is 65.1 Å². The molecule has 0 saturated heterocycles. The Bertz CT molecular complexity index is 772. The Labute approximate surface area is 143 Å². The highest BCUT2D eigenvalue weighted by Crippen LogP contribution is 2.27. The zero-order valence-electron chi connectivity index (χ0n) is 14.6. The zero-order valence-corrected chi connectivity index (χ0v) is 14.6. The summed E-state index contributed by atoms with van der Waals surface area (Å²) >= 11 is 0. The Hall–Kier alpha value is -2.49. The molecule has 0 spiro atoms. The highest BCUT2D eigenvalue weighted by Gasteiger charge is 2.24. The number of hydrogen-bond donors (Lipinski definition) is 0. The first kappa shape index (κ1) is 16.4. The first-order valence-corrected chi connectivity index (χ1v) is 8.32. The number of ketones is 1. The number of methoxy groups -OCH3 is 1. The van der Waals surface area contributed by atoms with Gasteiger partial charge in [-0.3, -0.25) is 4.79 Å². The fourth-order valence-electron chi connectivity index (χ4n) is 3.31. The number of fused-ring (bicyclic) bond motifs is 1. The third-order valence-corrected chi connectivity index (χ3v) is 4.39. The second kappa shape index (κ2) is 6.95. The molecule has 0 saturated carbocycles. The topological polar surface area (TPSA) is 34.5 Å². The van der Waals surface area contributed by atoms with Crippen LogP contribution in [0, 0.1) is 0 Å². The Kier molecular flexibility index (Phi) is 4.74. The molecule has 2 aromatic rings. The van der Waals surface area contributed by atoms with E-state index in [4.69, 9.17) is 4.74 Å². The lowest BCUT2D eigenvalue weighted by Crippen LogP contribution is -2.14. The highest BCUT2D eigenvalue weighted by molar-refractivity contribution is 6.09. The number of allylic oxidation sites excluding steroid dienone is 1. The van der Waals surface area contributed by atoms with Crippen LogP contribution in [0.15, 0.2) is 48.3 Å². The number of ether oxygens (including phenoxy) is 1. The van der Waals surface area contributed by atoms with Crippen LogP contribution in [0.2, 0.25) is 0 Å². The van der Waals surface area contributed by atoms with Gasteiger partial charge in [-0.1, -0.05) is 18.2 Å². The molecule has 1 aliphatic rings. The third kappa shape index (κ3) is 3.23. The molecule has 0 bridgehead atoms. The van der Waals surface area contributed by atoms with Gasteiger partial charge >= 0.3 is 0 Å². The van der Waals surface area contributed by atoms with Crippen LogP contribution in [-0.2, 0) is 13.0 Å². The van der Waals surface area contributed by atoms with Crippen molar-refractivity contribution in [2.75, 3.05) is 21.2 Å². The fourth-order valence-corrected chi connectivity index (χ4v) is 3.31. The summed E-state index contributed by atoms with van der Waals surface area (Å²) in [6.07, 6.45) is 6.77. The van der Waals surface area contributed by atoms with E-state index in [2.05, 4.69) is 10.6 Å². The monoisotopic (exact) mass is 324 g/mol. The largest absolute Gasteiger partial charge is 0.496 e. The molecule has 4 nitrogen and oxygen atoms in total. The average molecular weight is 324 g/mol. The van der Waals surface area contributed by atoms with Crippen molar-refractivity contribution in [2.45, 2.75) is 25.8 Å². The molecule has 1 aromatic heterocycles. The van der Waals surface area contributed by atoms with Gasteiger partial charge < -0.3 is 14.2 Å². The summed E-state index contributed by atoms with van der Waals surface area (Å²) in [4.78, 5) is 15.0. The van der Waals surface area contributed by atoms with Crippen molar-refractivity contribution >= 4 is 5.78 Å². The number of nitrogens with zero attached hydrogens (tertiary/aromatic N) is 2. The number of hydrogen-bond acceptors (Lipinski definition) is 3. The van der Waals surface area contributed by atoms with E-state index in [1.807, 2.05) is 55.7 Å². The predicted octanol–water partition coefficient (Wildman–Crippen LogP) is 3.51. The summed E-state index contributed by atoms with van der Waals surface area (Å²) in [6.45, 7) is 0.639. The summed E-state index contributed by atoms with van der Waals surface area (Å²) < 4.78 is 7.51. The lowest BCUT2D eigenvalue weighted by Gasteiger charge is -2.14. The Morgan fingerprint density at radius 1 is 1.21 bits per heavy atom. The fraction of sp³-hybridized carbons (Fsp3) is 0.350. The number of para-hydroxylation sites is 1. The van der Waals surface area contributed by atoms with E-state index in [9.17, 15) is 4.79 Å². The smallest absolute Gasteiger partial charge is 0.207 e. The highest BCUT2D eigenvalue weighted by atomic mass is 16.5. The van der Waals surface area contributed by atoms with Gasteiger partial charge in [0.25, 0.3) is 0 Å². The molecule has 1 aromatic carbocycles. The molecular formula is C20H24N2O2. The van der Waals surface area contributed by atoms with Gasteiger partial charge in [0, 0.05) is 37.6 Å². The van der Waals surface area contributed by atoms with E-state index >= 15 is 0 Å². The Balaban J connectivity index is 1.98. The van der Waals surface area contributed by atoms with E-state index in [1.165, 1.54) is 0 Å². The van der Waals surface area contributed by atoms with E-state index < -0.39 is 0 Å². The number of aryl methyl sites for hydroxylation is 1. The SMILES string of the molecule is COc1ccccc1Cn1ccc2c1C(=O)C(=CN(C)C)CCC2. The molecule has 0 atom stereocenters. The molecule has 0 aliphatic heterocycles. The molecule has 1 heterocycles. The van der Waals surface area contributed by atoms with Crippen molar-refractivity contribution in [2.24, 2.45) is 0 Å². The maximum Gasteiger partial charge on any atom is 0.207 e. The van der Waals surface area contributed by atoms with Crippen LogP contribution in [0.4, 0.5) is 0 Å². The van der Waals surface area contributed by atoms with Crippen molar-refractivity contribution < 1.29 is 9.53 Å². The molecule has 126 valence electrons. The lowest BCUT2D eigenvalue weighted by molar-refractivity contribution is 0.102. The second-order valence-corrected chi connectivity index (χ2v) is 6.43. The molecule has 0 radical (unpaired) electrons. The molecule has 0 unspecified atom stereocenters. The van der Waals surface area contributed by atoms with Gasteiger partial charge in [-0.25, -0.2) is 0 Å². The standard InChI is InChI=1S/C20H24N2O2/c1-21(2)13-17-9-6-8-15-11-12-22(19(15)20(17)23)14-16-7-4-5-10-18(16)24-3/h4-5,7,10-13H,6,8-9,14H2,1-3H3. The lowest BCUT2D eigenvalue weighted by atomic mass is 10.1. The van der Waals surface area contributed by atoms with Crippen LogP contribution in [0.25, 0.3) is 0 Å². The van der Waals surface area contributed by atoms with Crippen molar-refractivity contribution in [3.63, 3.8) is 0 Å². The maximum absolute atomic E-state index is 13.1. The average Bonchev–Trinajstić information content (AvgIpc) is 2.89. The van der Waals surface area contributed by atoms with Crippen LogP contribution < -0.4 is 4.74 Å². The summed E-state index contributed by atoms with van der Waals surface area (Å²) in [7, 11) is 5.60. The molecule has 0 N–H and O–H groups in total. The van der Waals surface area contributed by atoms with E-state index in [0.717, 1.165) is 47.4 Å². The van der Waals surface area contributed by atoms with Gasteiger partial charge in [0.1, 0.15) is 5.75 Å². The summed E-state index contributed by atoms with van der Waals surface area (Å²) in [6, 6.07) is 10.0. The zero-order chi connectivity index (χ0) is 17.1. The Morgan fingerprint density at radius 3 is 2.75 bits per heavy atom. The van der Waals surface area contributed by atoms with Crippen molar-refractivity contribution in [1.29, 1.82) is 0 Å². The number of rotatable bonds is 4. The van der Waals surface area contributed by atoms with Gasteiger partial charge in [-0.2, -0.15) is 0 Å². The molecule has 24 heavy (non-hydrogen) atoms. The molecule has 3 rings (SSSR count). The number of benzene rings is 1. The van der Waals surface area contributed by atoms with Gasteiger partial charge in [0.2, 0.25) is 5.78 Å². The molecule has 4 heteroatoms. The van der Waals surface area contributed by atoms with Crippen molar-refractivity contribution in [3.8, 4) is 5.75 Å². The maximum atomic E-state index is 13.1. The van der Waals surface area contributed by atoms with Gasteiger partial charge in [-0.05, 0) is 37.0 Å². The summed E-state index contributed by atoms with van der Waals surface area (Å²) in [5, 5.41) is 0. The van der Waals surface area contributed by atoms with Gasteiger partial charge in [0.15, 0.2) is 0 Å². The first-order chi connectivity index (χ1) is 11.6. The molecule has 0 fully saturated rings. The van der Waals surface area contributed by atoms with Crippen LogP contribution in [0.1, 0.15) is 34.5 Å². The van der Waals surface area contributed by atoms with E-state index in [-0.39, 0.29) is 5.78 Å². The minimum Gasteiger partial charge on any atom is -0.496 e. The quantitative estimate of drug-likeness (QED) is 0.637. The van der Waals surface area contributed by atoms with Crippen molar-refractivity contribution in [1.82, 2.24) is 9.47 Å². The van der Waals surface area contributed by atoms with Crippen LogP contribution in [0.3, 0.4) is 0 Å². The predicted molar refractivity (Wildman–Crippen MR) is 95.6 cm³/mol. The second-order valence-electron chi connectivity index (χ2n) is 6.43. The Morgan fingerprint density at radius 2 is 2.00 bits per heavy atom. The van der Waals surface area contributed by atoms with E-state index in [0.29, 0.717) is 6.54 Å². The van der Waals surface area contributed by atoms with Gasteiger partial charge in [-0.15, -0.1) is 0 Å².